The Morgan fingerprint density at radius 2 is 2.26 bits per heavy atom. The number of aliphatic carboxylic acids is 1. The van der Waals surface area contributed by atoms with Gasteiger partial charge in [-0.05, 0) is 12.5 Å². The molecule has 2 atom stereocenters. The fourth-order valence-corrected chi connectivity index (χ4v) is 2.04. The molecule has 2 rings (SSSR count). The maximum absolute atomic E-state index is 12.1. The lowest BCUT2D eigenvalue weighted by Gasteiger charge is -2.15. The molecule has 1 heterocycles. The largest absolute Gasteiger partial charge is 0.492 e. The van der Waals surface area contributed by atoms with Crippen LogP contribution in [0.25, 0.3) is 0 Å². The molecule has 0 aromatic heterocycles. The molecule has 5 nitrogen and oxygen atoms in total. The summed E-state index contributed by atoms with van der Waals surface area (Å²) in [6.07, 6.45) is 1.66. The van der Waals surface area contributed by atoms with Crippen molar-refractivity contribution in [3.8, 4) is 5.75 Å². The maximum Gasteiger partial charge on any atom is 0.326 e. The predicted molar refractivity (Wildman–Crippen MR) is 69.1 cm³/mol. The number of nitrogens with one attached hydrogen (secondary N) is 1. The summed E-state index contributed by atoms with van der Waals surface area (Å²) >= 11 is 0. The molecule has 0 aliphatic carbocycles. The van der Waals surface area contributed by atoms with Gasteiger partial charge in [-0.1, -0.05) is 24.3 Å². The molecule has 2 N–H and O–H groups in total. The van der Waals surface area contributed by atoms with Crippen LogP contribution < -0.4 is 10.1 Å². The Balaban J connectivity index is 2.09. The molecule has 19 heavy (non-hydrogen) atoms. The van der Waals surface area contributed by atoms with Crippen molar-refractivity contribution in [2.24, 2.45) is 0 Å². The zero-order valence-electron chi connectivity index (χ0n) is 10.3. The van der Waals surface area contributed by atoms with Gasteiger partial charge in [-0.15, -0.1) is 6.58 Å². The van der Waals surface area contributed by atoms with E-state index in [1.165, 1.54) is 6.08 Å². The normalized spacial score (nSPS) is 18.0. The maximum atomic E-state index is 12.1. The van der Waals surface area contributed by atoms with Crippen molar-refractivity contribution >= 4 is 11.9 Å². The first-order valence-corrected chi connectivity index (χ1v) is 5.99. The van der Waals surface area contributed by atoms with Crippen molar-refractivity contribution in [1.82, 2.24) is 5.32 Å². The van der Waals surface area contributed by atoms with Crippen LogP contribution in [0.15, 0.2) is 36.9 Å². The van der Waals surface area contributed by atoms with Crippen molar-refractivity contribution in [3.05, 3.63) is 42.5 Å². The minimum absolute atomic E-state index is 0.191. The Morgan fingerprint density at radius 3 is 2.95 bits per heavy atom. The van der Waals surface area contributed by atoms with Crippen molar-refractivity contribution in [2.75, 3.05) is 6.61 Å². The SMILES string of the molecule is C=CCC(NC(=O)C1COc2ccccc21)C(=O)O. The van der Waals surface area contributed by atoms with E-state index in [0.717, 1.165) is 5.56 Å². The van der Waals surface area contributed by atoms with E-state index in [1.807, 2.05) is 18.2 Å². The van der Waals surface area contributed by atoms with Gasteiger partial charge in [0.15, 0.2) is 0 Å². The Morgan fingerprint density at radius 1 is 1.53 bits per heavy atom. The molecular weight excluding hydrogens is 246 g/mol. The zero-order chi connectivity index (χ0) is 13.8. The highest BCUT2D eigenvalue weighted by Gasteiger charge is 2.32. The van der Waals surface area contributed by atoms with Gasteiger partial charge in [-0.25, -0.2) is 4.79 Å². The summed E-state index contributed by atoms with van der Waals surface area (Å²) < 4.78 is 5.41. The number of para-hydroxylation sites is 1. The van der Waals surface area contributed by atoms with Crippen molar-refractivity contribution in [3.63, 3.8) is 0 Å². The highest BCUT2D eigenvalue weighted by atomic mass is 16.5. The van der Waals surface area contributed by atoms with Crippen LogP contribution in [0.2, 0.25) is 0 Å². The fourth-order valence-electron chi connectivity index (χ4n) is 2.04. The van der Waals surface area contributed by atoms with E-state index in [9.17, 15) is 9.59 Å². The van der Waals surface area contributed by atoms with Crippen LogP contribution >= 0.6 is 0 Å². The highest BCUT2D eigenvalue weighted by Crippen LogP contribution is 2.33. The second kappa shape index (κ2) is 5.56. The zero-order valence-corrected chi connectivity index (χ0v) is 10.3. The Labute approximate surface area is 110 Å². The first kappa shape index (κ1) is 13.1. The van der Waals surface area contributed by atoms with Crippen LogP contribution in [-0.4, -0.2) is 29.6 Å². The van der Waals surface area contributed by atoms with Gasteiger partial charge >= 0.3 is 5.97 Å². The molecule has 1 aromatic rings. The Kier molecular flexibility index (Phi) is 3.85. The molecule has 1 amide bonds. The van der Waals surface area contributed by atoms with E-state index in [2.05, 4.69) is 11.9 Å². The molecule has 1 aliphatic heterocycles. The molecule has 100 valence electrons. The van der Waals surface area contributed by atoms with Crippen LogP contribution in [0.5, 0.6) is 5.75 Å². The Bertz CT molecular complexity index is 512. The quantitative estimate of drug-likeness (QED) is 0.783. The standard InChI is InChI=1S/C14H15NO4/c1-2-5-11(14(17)18)15-13(16)10-8-19-12-7-4-3-6-9(10)12/h2-4,6-7,10-11H,1,5,8H2,(H,15,16)(H,17,18). The van der Waals surface area contributed by atoms with Crippen LogP contribution in [0.1, 0.15) is 17.9 Å². The summed E-state index contributed by atoms with van der Waals surface area (Å²) in [4.78, 5) is 23.1. The third-order valence-electron chi connectivity index (χ3n) is 3.03. The molecule has 0 fully saturated rings. The number of carbonyl (C=O) groups is 2. The summed E-state index contributed by atoms with van der Waals surface area (Å²) in [6.45, 7) is 3.73. The van der Waals surface area contributed by atoms with Gasteiger partial charge in [0, 0.05) is 5.56 Å². The number of carbonyl (C=O) groups excluding carboxylic acids is 1. The molecule has 0 saturated carbocycles. The van der Waals surface area contributed by atoms with Gasteiger partial charge in [-0.2, -0.15) is 0 Å². The molecule has 0 spiro atoms. The molecule has 0 radical (unpaired) electrons. The summed E-state index contributed by atoms with van der Waals surface area (Å²) in [5.74, 6) is -1.18. The van der Waals surface area contributed by atoms with Crippen LogP contribution in [0, 0.1) is 0 Å². The monoisotopic (exact) mass is 261 g/mol. The minimum Gasteiger partial charge on any atom is -0.492 e. The number of amides is 1. The van der Waals surface area contributed by atoms with E-state index in [-0.39, 0.29) is 18.9 Å². The molecule has 5 heteroatoms. The van der Waals surface area contributed by atoms with Crippen LogP contribution in [0.3, 0.4) is 0 Å². The summed E-state index contributed by atoms with van der Waals surface area (Å²) in [6, 6.07) is 6.32. The fraction of sp³-hybridized carbons (Fsp3) is 0.286. The first-order valence-electron chi connectivity index (χ1n) is 5.99. The van der Waals surface area contributed by atoms with Crippen molar-refractivity contribution in [1.29, 1.82) is 0 Å². The number of ether oxygens (including phenoxy) is 1. The highest BCUT2D eigenvalue weighted by molar-refractivity contribution is 5.89. The topological polar surface area (TPSA) is 75.6 Å². The van der Waals surface area contributed by atoms with E-state index in [0.29, 0.717) is 5.75 Å². The number of fused-ring (bicyclic) bond motifs is 1. The molecular formula is C14H15NO4. The number of hydrogen-bond acceptors (Lipinski definition) is 3. The van der Waals surface area contributed by atoms with E-state index in [4.69, 9.17) is 9.84 Å². The average molecular weight is 261 g/mol. The molecule has 1 aliphatic rings. The van der Waals surface area contributed by atoms with Crippen LogP contribution in [0.4, 0.5) is 0 Å². The van der Waals surface area contributed by atoms with Gasteiger partial charge in [0.1, 0.15) is 24.3 Å². The summed E-state index contributed by atoms with van der Waals surface area (Å²) in [5, 5.41) is 11.5. The second-order valence-corrected chi connectivity index (χ2v) is 4.33. The van der Waals surface area contributed by atoms with Crippen LogP contribution in [-0.2, 0) is 9.59 Å². The van der Waals surface area contributed by atoms with Gasteiger partial charge in [0.05, 0.1) is 0 Å². The number of hydrogen-bond donors (Lipinski definition) is 2. The lowest BCUT2D eigenvalue weighted by atomic mass is 10.00. The van der Waals surface area contributed by atoms with Crippen molar-refractivity contribution in [2.45, 2.75) is 18.4 Å². The smallest absolute Gasteiger partial charge is 0.326 e. The van der Waals surface area contributed by atoms with Gasteiger partial charge in [0.25, 0.3) is 0 Å². The van der Waals surface area contributed by atoms with E-state index in [1.54, 1.807) is 6.07 Å². The molecule has 0 bridgehead atoms. The third kappa shape index (κ3) is 2.76. The number of benzene rings is 1. The number of carboxylic acids is 1. The molecule has 2 unspecified atom stereocenters. The molecule has 0 saturated heterocycles. The summed E-state index contributed by atoms with van der Waals surface area (Å²) in [5.41, 5.74) is 0.794. The second-order valence-electron chi connectivity index (χ2n) is 4.33. The Hall–Kier alpha value is -2.30. The molecule has 1 aromatic carbocycles. The van der Waals surface area contributed by atoms with Gasteiger partial charge in [0.2, 0.25) is 5.91 Å². The number of rotatable bonds is 5. The van der Waals surface area contributed by atoms with E-state index < -0.39 is 17.9 Å². The average Bonchev–Trinajstić information content (AvgIpc) is 2.81. The summed E-state index contributed by atoms with van der Waals surface area (Å²) in [7, 11) is 0. The van der Waals surface area contributed by atoms with E-state index >= 15 is 0 Å². The first-order chi connectivity index (χ1) is 9.13. The predicted octanol–water partition coefficient (Wildman–Crippen LogP) is 1.31. The van der Waals surface area contributed by atoms with Gasteiger partial charge < -0.3 is 15.2 Å². The lowest BCUT2D eigenvalue weighted by molar-refractivity contribution is -0.142. The third-order valence-corrected chi connectivity index (χ3v) is 3.03. The van der Waals surface area contributed by atoms with Crippen molar-refractivity contribution < 1.29 is 19.4 Å². The lowest BCUT2D eigenvalue weighted by Crippen LogP contribution is -2.43. The number of carboxylic acid groups (broad SMARTS) is 1. The van der Waals surface area contributed by atoms with Gasteiger partial charge in [-0.3, -0.25) is 4.79 Å². The minimum atomic E-state index is -1.07.